The van der Waals surface area contributed by atoms with Gasteiger partial charge in [-0.1, -0.05) is 12.1 Å². The van der Waals surface area contributed by atoms with Crippen LogP contribution in [0.2, 0.25) is 0 Å². The molecule has 0 bridgehead atoms. The number of anilines is 1. The molecular weight excluding hydrogens is 390 g/mol. The SMILES string of the molecule is Cc1cc(C)nc(-n2nc(C)cc2NC(=O)CCc2cccc(OC3CCCC3)c2)n1. The van der Waals surface area contributed by atoms with Gasteiger partial charge >= 0.3 is 0 Å². The molecule has 1 amide bonds. The summed E-state index contributed by atoms with van der Waals surface area (Å²) in [6.45, 7) is 5.71. The van der Waals surface area contributed by atoms with Crippen molar-refractivity contribution >= 4 is 11.7 Å². The van der Waals surface area contributed by atoms with E-state index in [-0.39, 0.29) is 5.91 Å². The van der Waals surface area contributed by atoms with E-state index in [1.807, 2.05) is 57.2 Å². The smallest absolute Gasteiger partial charge is 0.252 e. The maximum Gasteiger partial charge on any atom is 0.252 e. The topological polar surface area (TPSA) is 81.9 Å². The highest BCUT2D eigenvalue weighted by Crippen LogP contribution is 2.25. The van der Waals surface area contributed by atoms with Crippen LogP contribution in [0, 0.1) is 20.8 Å². The Morgan fingerprint density at radius 3 is 2.55 bits per heavy atom. The number of carbonyl (C=O) groups excluding carboxylic acids is 1. The van der Waals surface area contributed by atoms with Gasteiger partial charge in [0.25, 0.3) is 5.95 Å². The Morgan fingerprint density at radius 1 is 1.06 bits per heavy atom. The monoisotopic (exact) mass is 419 g/mol. The first-order chi connectivity index (χ1) is 15.0. The number of hydrogen-bond acceptors (Lipinski definition) is 5. The first-order valence-electron chi connectivity index (χ1n) is 10.9. The van der Waals surface area contributed by atoms with Gasteiger partial charge in [0.15, 0.2) is 0 Å². The molecule has 31 heavy (non-hydrogen) atoms. The minimum absolute atomic E-state index is 0.0763. The molecular formula is C24H29N5O2. The fourth-order valence-electron chi connectivity index (χ4n) is 3.98. The van der Waals surface area contributed by atoms with Gasteiger partial charge in [0, 0.05) is 23.9 Å². The van der Waals surface area contributed by atoms with E-state index in [9.17, 15) is 4.79 Å². The third-order valence-corrected chi connectivity index (χ3v) is 5.40. The molecule has 2 aromatic heterocycles. The molecule has 0 atom stereocenters. The van der Waals surface area contributed by atoms with Crippen LogP contribution in [0.15, 0.2) is 36.4 Å². The zero-order chi connectivity index (χ0) is 21.8. The molecule has 1 fully saturated rings. The number of carbonyl (C=O) groups is 1. The fraction of sp³-hybridized carbons (Fsp3) is 0.417. The van der Waals surface area contributed by atoms with E-state index in [2.05, 4.69) is 20.4 Å². The highest BCUT2D eigenvalue weighted by Gasteiger charge is 2.17. The van der Waals surface area contributed by atoms with Crippen molar-refractivity contribution in [2.24, 2.45) is 0 Å². The van der Waals surface area contributed by atoms with E-state index >= 15 is 0 Å². The number of ether oxygens (including phenoxy) is 1. The Labute approximate surface area is 182 Å². The molecule has 0 saturated heterocycles. The van der Waals surface area contributed by atoms with Crippen molar-refractivity contribution in [2.45, 2.75) is 65.4 Å². The van der Waals surface area contributed by atoms with Gasteiger partial charge in [-0.05, 0) is 76.6 Å². The summed E-state index contributed by atoms with van der Waals surface area (Å²) in [4.78, 5) is 21.6. The Morgan fingerprint density at radius 2 is 1.81 bits per heavy atom. The Balaban J connectivity index is 1.39. The standard InChI is InChI=1S/C24H29N5O2/c1-16-13-17(2)26-24(25-16)29-22(14-18(3)28-29)27-23(30)12-11-19-7-6-10-21(15-19)31-20-8-4-5-9-20/h6-7,10,13-15,20H,4-5,8-9,11-12H2,1-3H3,(H,27,30). The summed E-state index contributed by atoms with van der Waals surface area (Å²) in [5, 5.41) is 7.42. The van der Waals surface area contributed by atoms with Crippen LogP contribution in [0.25, 0.3) is 5.95 Å². The lowest BCUT2D eigenvalue weighted by Crippen LogP contribution is -2.17. The second-order valence-corrected chi connectivity index (χ2v) is 8.25. The first-order valence-corrected chi connectivity index (χ1v) is 10.9. The van der Waals surface area contributed by atoms with Gasteiger partial charge in [-0.25, -0.2) is 9.97 Å². The number of benzene rings is 1. The lowest BCUT2D eigenvalue weighted by Gasteiger charge is -2.14. The molecule has 1 aliphatic carbocycles. The summed E-state index contributed by atoms with van der Waals surface area (Å²) in [5.41, 5.74) is 3.59. The van der Waals surface area contributed by atoms with Crippen LogP contribution in [0.5, 0.6) is 5.75 Å². The average molecular weight is 420 g/mol. The fourth-order valence-corrected chi connectivity index (χ4v) is 3.98. The normalized spacial score (nSPS) is 14.0. The van der Waals surface area contributed by atoms with Crippen molar-refractivity contribution < 1.29 is 9.53 Å². The lowest BCUT2D eigenvalue weighted by molar-refractivity contribution is -0.116. The van der Waals surface area contributed by atoms with E-state index < -0.39 is 0 Å². The summed E-state index contributed by atoms with van der Waals surface area (Å²) in [7, 11) is 0. The van der Waals surface area contributed by atoms with Gasteiger partial charge in [0.2, 0.25) is 5.91 Å². The summed E-state index contributed by atoms with van der Waals surface area (Å²) in [6, 6.07) is 11.8. The zero-order valence-corrected chi connectivity index (χ0v) is 18.4. The number of nitrogens with one attached hydrogen (secondary N) is 1. The zero-order valence-electron chi connectivity index (χ0n) is 18.4. The number of aryl methyl sites for hydroxylation is 4. The predicted octanol–water partition coefficient (Wildman–Crippen LogP) is 4.48. The van der Waals surface area contributed by atoms with Gasteiger partial charge in [-0.3, -0.25) is 4.79 Å². The molecule has 2 heterocycles. The van der Waals surface area contributed by atoms with Crippen molar-refractivity contribution in [2.75, 3.05) is 5.32 Å². The van der Waals surface area contributed by atoms with Crippen LogP contribution in [-0.4, -0.2) is 31.8 Å². The van der Waals surface area contributed by atoms with Crippen LogP contribution in [-0.2, 0) is 11.2 Å². The summed E-state index contributed by atoms with van der Waals surface area (Å²) in [6.07, 6.45) is 6.08. The largest absolute Gasteiger partial charge is 0.490 e. The first kappa shape index (κ1) is 21.0. The van der Waals surface area contributed by atoms with Crippen molar-refractivity contribution in [3.63, 3.8) is 0 Å². The van der Waals surface area contributed by atoms with E-state index in [0.717, 1.165) is 41.2 Å². The lowest BCUT2D eigenvalue weighted by atomic mass is 10.1. The van der Waals surface area contributed by atoms with Gasteiger partial charge in [-0.2, -0.15) is 9.78 Å². The van der Waals surface area contributed by atoms with Crippen LogP contribution >= 0.6 is 0 Å². The number of hydrogen-bond donors (Lipinski definition) is 1. The molecule has 1 saturated carbocycles. The molecule has 7 heteroatoms. The third-order valence-electron chi connectivity index (χ3n) is 5.40. The van der Waals surface area contributed by atoms with Crippen LogP contribution < -0.4 is 10.1 Å². The molecule has 162 valence electrons. The van der Waals surface area contributed by atoms with E-state index in [0.29, 0.717) is 30.7 Å². The average Bonchev–Trinajstić information content (AvgIpc) is 3.35. The highest BCUT2D eigenvalue weighted by molar-refractivity contribution is 5.90. The minimum Gasteiger partial charge on any atom is -0.490 e. The van der Waals surface area contributed by atoms with Crippen molar-refractivity contribution in [1.82, 2.24) is 19.7 Å². The summed E-state index contributed by atoms with van der Waals surface area (Å²) in [5.74, 6) is 1.85. The van der Waals surface area contributed by atoms with Crippen LogP contribution in [0.3, 0.4) is 0 Å². The summed E-state index contributed by atoms with van der Waals surface area (Å²) < 4.78 is 7.67. The molecule has 1 aromatic carbocycles. The Hall–Kier alpha value is -3.22. The molecule has 1 aliphatic rings. The minimum atomic E-state index is -0.0763. The Bertz CT molecular complexity index is 1050. The molecule has 4 rings (SSSR count). The summed E-state index contributed by atoms with van der Waals surface area (Å²) >= 11 is 0. The van der Waals surface area contributed by atoms with Gasteiger partial charge < -0.3 is 10.1 Å². The van der Waals surface area contributed by atoms with Crippen LogP contribution in [0.4, 0.5) is 5.82 Å². The maximum absolute atomic E-state index is 12.7. The number of aromatic nitrogens is 4. The molecule has 7 nitrogen and oxygen atoms in total. The second-order valence-electron chi connectivity index (χ2n) is 8.25. The molecule has 0 spiro atoms. The molecule has 0 aliphatic heterocycles. The maximum atomic E-state index is 12.7. The van der Waals surface area contributed by atoms with Gasteiger partial charge in [0.05, 0.1) is 11.8 Å². The second kappa shape index (κ2) is 9.29. The van der Waals surface area contributed by atoms with Crippen molar-refractivity contribution in [3.8, 4) is 11.7 Å². The highest BCUT2D eigenvalue weighted by atomic mass is 16.5. The quantitative estimate of drug-likeness (QED) is 0.611. The van der Waals surface area contributed by atoms with Crippen molar-refractivity contribution in [1.29, 1.82) is 0 Å². The van der Waals surface area contributed by atoms with Crippen molar-refractivity contribution in [3.05, 3.63) is 59.0 Å². The number of amides is 1. The number of nitrogens with zero attached hydrogens (tertiary/aromatic N) is 4. The van der Waals surface area contributed by atoms with Gasteiger partial charge in [0.1, 0.15) is 11.6 Å². The van der Waals surface area contributed by atoms with E-state index in [1.54, 1.807) is 4.68 Å². The Kier molecular flexibility index (Phi) is 6.30. The molecule has 1 N–H and O–H groups in total. The molecule has 3 aromatic rings. The predicted molar refractivity (Wildman–Crippen MR) is 120 cm³/mol. The van der Waals surface area contributed by atoms with Crippen LogP contribution in [0.1, 0.15) is 54.7 Å². The van der Waals surface area contributed by atoms with Gasteiger partial charge in [-0.15, -0.1) is 0 Å². The third kappa shape index (κ3) is 5.48. The number of rotatable bonds is 7. The van der Waals surface area contributed by atoms with E-state index in [4.69, 9.17) is 4.74 Å². The molecule has 0 unspecified atom stereocenters. The molecule has 0 radical (unpaired) electrons. The van der Waals surface area contributed by atoms with E-state index in [1.165, 1.54) is 12.8 Å².